The highest BCUT2D eigenvalue weighted by atomic mass is 32.2. The summed E-state index contributed by atoms with van der Waals surface area (Å²) < 4.78 is 131. The molecule has 0 aliphatic rings. The summed E-state index contributed by atoms with van der Waals surface area (Å²) in [6.07, 6.45) is 0. The molecule has 5 aromatic carbocycles. The third-order valence-corrected chi connectivity index (χ3v) is 9.43. The minimum Gasteiger partial charge on any atom is -0.497 e. The molecule has 0 N–H and O–H groups in total. The summed E-state index contributed by atoms with van der Waals surface area (Å²) in [6.45, 7) is 0. The number of rotatable bonds is 8. The molecule has 1 unspecified atom stereocenters. The topological polar surface area (TPSA) is 26.3 Å². The number of carbonyl (C=O) groups excluding carboxylic acids is 1. The molecule has 47 heavy (non-hydrogen) atoms. The molecule has 0 heterocycles. The van der Waals surface area contributed by atoms with Crippen molar-refractivity contribution in [1.82, 2.24) is 0 Å². The number of benzene rings is 5. The van der Waals surface area contributed by atoms with Crippen LogP contribution in [0.1, 0.15) is 15.9 Å². The average molecular weight is 700 g/mol. The number of methoxy groups -OCH3 is 1. The minimum atomic E-state index is -6.00. The van der Waals surface area contributed by atoms with Gasteiger partial charge in [-0.3, -0.25) is 4.79 Å². The van der Waals surface area contributed by atoms with Crippen LogP contribution in [-0.4, -0.2) is 20.1 Å². The van der Waals surface area contributed by atoms with Crippen LogP contribution in [0.5, 0.6) is 5.75 Å². The predicted molar refractivity (Wildman–Crippen MR) is 158 cm³/mol. The lowest BCUT2D eigenvalue weighted by Gasteiger charge is -2.12. The quantitative estimate of drug-likeness (QED) is 0.0403. The minimum absolute atomic E-state index is 0.102. The van der Waals surface area contributed by atoms with Crippen LogP contribution in [0.3, 0.4) is 0 Å². The Bertz CT molecular complexity index is 1840. The fourth-order valence-corrected chi connectivity index (χ4v) is 7.07. The first-order chi connectivity index (χ1) is 22.2. The van der Waals surface area contributed by atoms with Crippen molar-refractivity contribution in [3.63, 3.8) is 0 Å². The zero-order valence-electron chi connectivity index (χ0n) is 23.7. The largest absolute Gasteiger partial charge is 0.673 e. The van der Waals surface area contributed by atoms with Crippen LogP contribution in [0.25, 0.3) is 0 Å². The first-order valence-corrected chi connectivity index (χ1v) is 15.2. The summed E-state index contributed by atoms with van der Waals surface area (Å²) in [5.41, 5.74) is 0.233. The highest BCUT2D eigenvalue weighted by molar-refractivity contribution is 7.99. The molecule has 0 saturated heterocycles. The Kier molecular flexibility index (Phi) is 11.3. The lowest BCUT2D eigenvalue weighted by Crippen LogP contribution is -2.14. The summed E-state index contributed by atoms with van der Waals surface area (Å²) in [6, 6.07) is 24.7. The van der Waals surface area contributed by atoms with Crippen LogP contribution in [0, 0.1) is 34.9 Å². The van der Waals surface area contributed by atoms with E-state index in [1.165, 1.54) is 73.5 Å². The maximum atomic E-state index is 15.0. The summed E-state index contributed by atoms with van der Waals surface area (Å²) >= 11 is 1.20. The molecule has 244 valence electrons. The van der Waals surface area contributed by atoms with E-state index in [0.29, 0.717) is 26.0 Å². The van der Waals surface area contributed by atoms with Gasteiger partial charge < -0.3 is 22.0 Å². The molecular weight excluding hydrogens is 681 g/mol. The first kappa shape index (κ1) is 35.5. The van der Waals surface area contributed by atoms with E-state index in [1.807, 2.05) is 0 Å². The van der Waals surface area contributed by atoms with Gasteiger partial charge in [0.25, 0.3) is 0 Å². The van der Waals surface area contributed by atoms with Gasteiger partial charge in [0.15, 0.2) is 15.6 Å². The normalized spacial score (nSPS) is 11.8. The van der Waals surface area contributed by atoms with Crippen molar-refractivity contribution in [3.8, 4) is 5.75 Å². The smallest absolute Gasteiger partial charge is 0.497 e. The number of hydrogen-bond acceptors (Lipinski definition) is 3. The Morgan fingerprint density at radius 3 is 1.62 bits per heavy atom. The van der Waals surface area contributed by atoms with E-state index in [-0.39, 0.29) is 10.5 Å². The molecule has 0 spiro atoms. The van der Waals surface area contributed by atoms with Crippen LogP contribution in [0.4, 0.5) is 43.6 Å². The van der Waals surface area contributed by atoms with Crippen molar-refractivity contribution in [2.45, 2.75) is 24.5 Å². The Balaban J connectivity index is 0.000000930. The zero-order chi connectivity index (χ0) is 34.5. The third kappa shape index (κ3) is 8.71. The standard InChI is InChI=1S/C32H19F6O2S2.BF4/c1-40-19-7-12-22(13-8-19)42(32-29(37)27(35)26(34)28(36)30(32)38)23-14-9-20(10-15-23)41-21-11-16-25(33)24(17-21)31(39)18-5-3-2-4-6-18;2-1(3,4)5/h2-17H,1H3;/q+1;-1. The van der Waals surface area contributed by atoms with Crippen LogP contribution < -0.4 is 4.74 Å². The summed E-state index contributed by atoms with van der Waals surface area (Å²) in [5.74, 6) is -10.8. The second-order valence-corrected chi connectivity index (χ2v) is 12.4. The van der Waals surface area contributed by atoms with Crippen LogP contribution in [0.15, 0.2) is 122 Å². The van der Waals surface area contributed by atoms with Gasteiger partial charge >= 0.3 is 7.25 Å². The van der Waals surface area contributed by atoms with E-state index < -0.39 is 63.7 Å². The summed E-state index contributed by atoms with van der Waals surface area (Å²) in [7, 11) is -6.29. The molecule has 0 saturated carbocycles. The van der Waals surface area contributed by atoms with E-state index in [0.717, 1.165) is 0 Å². The van der Waals surface area contributed by atoms with Gasteiger partial charge in [-0.2, -0.15) is 8.78 Å². The molecule has 0 radical (unpaired) electrons. The predicted octanol–water partition coefficient (Wildman–Crippen LogP) is 10.3. The maximum Gasteiger partial charge on any atom is 0.673 e. The van der Waals surface area contributed by atoms with Gasteiger partial charge in [0.05, 0.1) is 12.7 Å². The Hall–Kier alpha value is -4.37. The van der Waals surface area contributed by atoms with Crippen molar-refractivity contribution in [3.05, 3.63) is 143 Å². The van der Waals surface area contributed by atoms with Crippen LogP contribution in [-0.2, 0) is 10.9 Å². The zero-order valence-corrected chi connectivity index (χ0v) is 25.4. The SMILES string of the molecule is COc1ccc([S+](c2ccc(Sc3ccc(F)c(C(=O)c4ccccc4)c3)cc2)c2c(F)c(F)c(F)c(F)c2F)cc1.F[B-](F)(F)F. The van der Waals surface area contributed by atoms with Crippen LogP contribution >= 0.6 is 11.8 Å². The number of hydrogen-bond donors (Lipinski definition) is 0. The van der Waals surface area contributed by atoms with Gasteiger partial charge in [-0.25, -0.2) is 17.6 Å². The Labute approximate surface area is 268 Å². The van der Waals surface area contributed by atoms with E-state index in [4.69, 9.17) is 4.74 Å². The van der Waals surface area contributed by atoms with Gasteiger partial charge in [-0.1, -0.05) is 42.1 Å². The molecule has 15 heteroatoms. The summed E-state index contributed by atoms with van der Waals surface area (Å²) in [4.78, 5) is 13.6. The number of ether oxygens (including phenoxy) is 1. The van der Waals surface area contributed by atoms with Gasteiger partial charge in [-0.05, 0) is 66.7 Å². The van der Waals surface area contributed by atoms with E-state index in [1.54, 1.807) is 42.5 Å². The van der Waals surface area contributed by atoms with Crippen molar-refractivity contribution >= 4 is 35.7 Å². The monoisotopic (exact) mass is 700 g/mol. The molecule has 0 aliphatic heterocycles. The number of halogens is 10. The maximum absolute atomic E-state index is 15.0. The van der Waals surface area contributed by atoms with Gasteiger partial charge in [0, 0.05) is 15.4 Å². The fourth-order valence-electron chi connectivity index (χ4n) is 4.11. The number of ketones is 1. The van der Waals surface area contributed by atoms with E-state index in [2.05, 4.69) is 0 Å². The van der Waals surface area contributed by atoms with Crippen molar-refractivity contribution in [2.24, 2.45) is 0 Å². The molecule has 0 amide bonds. The molecule has 1 atom stereocenters. The second kappa shape index (κ2) is 15.0. The molecule has 5 rings (SSSR count). The fraction of sp³-hybridized carbons (Fsp3) is 0.0312. The van der Waals surface area contributed by atoms with Crippen molar-refractivity contribution in [1.29, 1.82) is 0 Å². The number of carbonyl (C=O) groups is 1. The van der Waals surface area contributed by atoms with Gasteiger partial charge in [-0.15, -0.1) is 0 Å². The third-order valence-electron chi connectivity index (χ3n) is 6.18. The van der Waals surface area contributed by atoms with Crippen LogP contribution in [0.2, 0.25) is 0 Å². The van der Waals surface area contributed by atoms with E-state index >= 15 is 0 Å². The lowest BCUT2D eigenvalue weighted by molar-refractivity contribution is 0.103. The Morgan fingerprint density at radius 1 is 0.638 bits per heavy atom. The van der Waals surface area contributed by atoms with E-state index in [9.17, 15) is 48.4 Å². The molecule has 5 aromatic rings. The lowest BCUT2D eigenvalue weighted by atomic mass is 10.0. The molecule has 0 bridgehead atoms. The highest BCUT2D eigenvalue weighted by Crippen LogP contribution is 2.39. The summed E-state index contributed by atoms with van der Waals surface area (Å²) in [5, 5.41) is 0. The van der Waals surface area contributed by atoms with Crippen molar-refractivity contribution in [2.75, 3.05) is 7.11 Å². The first-order valence-electron chi connectivity index (χ1n) is 13.1. The highest BCUT2D eigenvalue weighted by Gasteiger charge is 2.41. The molecule has 2 nitrogen and oxygen atoms in total. The Morgan fingerprint density at radius 2 is 1.11 bits per heavy atom. The van der Waals surface area contributed by atoms with Crippen molar-refractivity contribution < 1.29 is 53.1 Å². The molecule has 0 fully saturated rings. The molecular formula is C32H19BF10O2S2. The average Bonchev–Trinajstić information content (AvgIpc) is 3.05. The second-order valence-electron chi connectivity index (χ2n) is 9.29. The van der Waals surface area contributed by atoms with Gasteiger partial charge in [0.1, 0.15) is 22.5 Å². The molecule has 0 aromatic heterocycles. The molecule has 0 aliphatic carbocycles. The van der Waals surface area contributed by atoms with Gasteiger partial charge in [0.2, 0.25) is 34.0 Å².